The molecular weight excluding hydrogens is 306 g/mol. The number of halogens is 1. The molecule has 0 aliphatic heterocycles. The molecule has 0 aliphatic rings. The van der Waals surface area contributed by atoms with Gasteiger partial charge in [0, 0.05) is 19.4 Å². The van der Waals surface area contributed by atoms with Crippen molar-refractivity contribution in [3.8, 4) is 0 Å². The van der Waals surface area contributed by atoms with Crippen molar-refractivity contribution in [1.82, 2.24) is 14.7 Å². The summed E-state index contributed by atoms with van der Waals surface area (Å²) in [6, 6.07) is 1.69. The van der Waals surface area contributed by atoms with Crippen LogP contribution in [0.15, 0.2) is 30.8 Å². The van der Waals surface area contributed by atoms with Crippen LogP contribution in [0.25, 0.3) is 0 Å². The third kappa shape index (κ3) is 2.77. The molecular formula is C10H10BrN3O4. The molecule has 2 rings (SSSR count). The van der Waals surface area contributed by atoms with E-state index in [1.807, 2.05) is 0 Å². The molecule has 0 aromatic carbocycles. The molecule has 1 N–H and O–H groups in total. The number of aromatic nitrogens is 3. The van der Waals surface area contributed by atoms with Crippen LogP contribution in [0.2, 0.25) is 0 Å². The van der Waals surface area contributed by atoms with Crippen molar-refractivity contribution in [3.05, 3.63) is 49.0 Å². The Kier molecular flexibility index (Phi) is 3.78. The molecule has 7 nitrogen and oxygen atoms in total. The molecule has 0 radical (unpaired) electrons. The Morgan fingerprint density at radius 3 is 3.06 bits per heavy atom. The summed E-state index contributed by atoms with van der Waals surface area (Å²) >= 11 is 3.06. The number of rotatable bonds is 4. The van der Waals surface area contributed by atoms with Gasteiger partial charge in [-0.15, -0.1) is 0 Å². The van der Waals surface area contributed by atoms with Crippen LogP contribution in [0, 0.1) is 0 Å². The minimum absolute atomic E-state index is 0.210. The van der Waals surface area contributed by atoms with Crippen molar-refractivity contribution in [3.63, 3.8) is 0 Å². The minimum atomic E-state index is -0.500. The van der Waals surface area contributed by atoms with E-state index in [-0.39, 0.29) is 11.0 Å². The average Bonchev–Trinajstić information content (AvgIpc) is 2.74. The molecule has 0 atom stereocenters. The number of nitrogens with one attached hydrogen (secondary N) is 1. The molecule has 96 valence electrons. The second-order valence-corrected chi connectivity index (χ2v) is 4.44. The van der Waals surface area contributed by atoms with E-state index in [9.17, 15) is 9.59 Å². The Bertz CT molecular complexity index is 658. The number of ether oxygens (including phenoxy) is 1. The molecule has 2 aromatic rings. The van der Waals surface area contributed by atoms with Gasteiger partial charge >= 0.3 is 5.69 Å². The van der Waals surface area contributed by atoms with Gasteiger partial charge in [0.2, 0.25) is 0 Å². The SMILES string of the molecule is COCc1cc(Cn2cc(Br)c(=O)[nH]c2=O)no1. The van der Waals surface area contributed by atoms with Crippen LogP contribution in [0.1, 0.15) is 11.5 Å². The van der Waals surface area contributed by atoms with Gasteiger partial charge in [0.1, 0.15) is 12.3 Å². The summed E-state index contributed by atoms with van der Waals surface area (Å²) in [6.45, 7) is 0.526. The highest BCUT2D eigenvalue weighted by molar-refractivity contribution is 9.10. The summed E-state index contributed by atoms with van der Waals surface area (Å²) in [5.41, 5.74) is -0.390. The molecule has 18 heavy (non-hydrogen) atoms. The lowest BCUT2D eigenvalue weighted by atomic mass is 10.3. The van der Waals surface area contributed by atoms with Gasteiger partial charge < -0.3 is 9.26 Å². The second-order valence-electron chi connectivity index (χ2n) is 3.58. The van der Waals surface area contributed by atoms with Gasteiger partial charge in [-0.25, -0.2) is 4.79 Å². The molecule has 0 spiro atoms. The first-order valence-electron chi connectivity index (χ1n) is 5.03. The molecule has 0 saturated heterocycles. The molecule has 8 heteroatoms. The topological polar surface area (TPSA) is 90.1 Å². The Labute approximate surface area is 110 Å². The van der Waals surface area contributed by atoms with Crippen LogP contribution in [0.4, 0.5) is 0 Å². The van der Waals surface area contributed by atoms with Crippen molar-refractivity contribution in [2.75, 3.05) is 7.11 Å². The maximum atomic E-state index is 11.5. The lowest BCUT2D eigenvalue weighted by molar-refractivity contribution is 0.155. The van der Waals surface area contributed by atoms with Crippen LogP contribution in [-0.4, -0.2) is 21.8 Å². The Morgan fingerprint density at radius 2 is 2.33 bits per heavy atom. The van der Waals surface area contributed by atoms with Crippen molar-refractivity contribution >= 4 is 15.9 Å². The summed E-state index contributed by atoms with van der Waals surface area (Å²) in [7, 11) is 1.55. The maximum Gasteiger partial charge on any atom is 0.328 e. The van der Waals surface area contributed by atoms with Crippen LogP contribution in [0.3, 0.4) is 0 Å². The number of H-pyrrole nitrogens is 1. The van der Waals surface area contributed by atoms with Gasteiger partial charge in [-0.05, 0) is 15.9 Å². The Morgan fingerprint density at radius 1 is 1.56 bits per heavy atom. The van der Waals surface area contributed by atoms with Crippen molar-refractivity contribution in [2.24, 2.45) is 0 Å². The quantitative estimate of drug-likeness (QED) is 0.886. The van der Waals surface area contributed by atoms with Gasteiger partial charge in [0.25, 0.3) is 5.56 Å². The fourth-order valence-corrected chi connectivity index (χ4v) is 1.76. The zero-order valence-electron chi connectivity index (χ0n) is 9.47. The highest BCUT2D eigenvalue weighted by atomic mass is 79.9. The van der Waals surface area contributed by atoms with Gasteiger partial charge in [-0.2, -0.15) is 0 Å². The van der Waals surface area contributed by atoms with E-state index < -0.39 is 11.2 Å². The fraction of sp³-hybridized carbons (Fsp3) is 0.300. The number of aromatic amines is 1. The third-order valence-electron chi connectivity index (χ3n) is 2.19. The molecule has 0 amide bonds. The van der Waals surface area contributed by atoms with E-state index in [0.29, 0.717) is 18.1 Å². The normalized spacial score (nSPS) is 10.8. The third-order valence-corrected chi connectivity index (χ3v) is 2.76. The highest BCUT2D eigenvalue weighted by Gasteiger charge is 2.07. The lowest BCUT2D eigenvalue weighted by Gasteiger charge is -2.01. The predicted octanol–water partition coefficient (Wildman–Crippen LogP) is 0.482. The Balaban J connectivity index is 2.25. The molecule has 2 aromatic heterocycles. The van der Waals surface area contributed by atoms with E-state index in [0.717, 1.165) is 0 Å². The summed E-state index contributed by atoms with van der Waals surface area (Å²) < 4.78 is 11.5. The largest absolute Gasteiger partial charge is 0.377 e. The van der Waals surface area contributed by atoms with Gasteiger partial charge in [0.05, 0.1) is 11.0 Å². The number of hydrogen-bond acceptors (Lipinski definition) is 5. The van der Waals surface area contributed by atoms with Crippen molar-refractivity contribution in [2.45, 2.75) is 13.2 Å². The van der Waals surface area contributed by atoms with Gasteiger partial charge in [-0.3, -0.25) is 14.3 Å². The van der Waals surface area contributed by atoms with E-state index in [2.05, 4.69) is 26.1 Å². The standard InChI is InChI=1S/C10H10BrN3O4/c1-17-5-7-2-6(13-18-7)3-14-4-8(11)9(15)12-10(14)16/h2,4H,3,5H2,1H3,(H,12,15,16). The lowest BCUT2D eigenvalue weighted by Crippen LogP contribution is -2.30. The van der Waals surface area contributed by atoms with E-state index in [1.165, 1.54) is 10.8 Å². The molecule has 0 unspecified atom stereocenters. The van der Waals surface area contributed by atoms with E-state index in [1.54, 1.807) is 13.2 Å². The van der Waals surface area contributed by atoms with E-state index in [4.69, 9.17) is 9.26 Å². The fourth-order valence-electron chi connectivity index (χ4n) is 1.42. The second kappa shape index (κ2) is 5.32. The smallest absolute Gasteiger partial charge is 0.328 e. The number of nitrogens with zero attached hydrogens (tertiary/aromatic N) is 2. The molecule has 0 bridgehead atoms. The summed E-state index contributed by atoms with van der Waals surface area (Å²) in [5.74, 6) is 0.573. The van der Waals surface area contributed by atoms with Crippen LogP contribution in [-0.2, 0) is 17.9 Å². The Hall–Kier alpha value is -1.67. The first kappa shape index (κ1) is 12.8. The van der Waals surface area contributed by atoms with Gasteiger partial charge in [0.15, 0.2) is 5.76 Å². The van der Waals surface area contributed by atoms with Crippen molar-refractivity contribution < 1.29 is 9.26 Å². The molecule has 0 saturated carbocycles. The van der Waals surface area contributed by atoms with Crippen LogP contribution in [0.5, 0.6) is 0 Å². The monoisotopic (exact) mass is 315 g/mol. The zero-order valence-corrected chi connectivity index (χ0v) is 11.1. The van der Waals surface area contributed by atoms with Crippen LogP contribution < -0.4 is 11.2 Å². The molecule has 0 aliphatic carbocycles. The summed E-state index contributed by atoms with van der Waals surface area (Å²) in [6.07, 6.45) is 1.41. The summed E-state index contributed by atoms with van der Waals surface area (Å²) in [5, 5.41) is 3.80. The maximum absolute atomic E-state index is 11.5. The predicted molar refractivity (Wildman–Crippen MR) is 65.3 cm³/mol. The first-order chi connectivity index (χ1) is 8.60. The highest BCUT2D eigenvalue weighted by Crippen LogP contribution is 2.06. The van der Waals surface area contributed by atoms with E-state index >= 15 is 0 Å². The zero-order chi connectivity index (χ0) is 13.1. The van der Waals surface area contributed by atoms with Gasteiger partial charge in [-0.1, -0.05) is 5.16 Å². The average molecular weight is 316 g/mol. The minimum Gasteiger partial charge on any atom is -0.377 e. The number of hydrogen-bond donors (Lipinski definition) is 1. The van der Waals surface area contributed by atoms with Crippen LogP contribution >= 0.6 is 15.9 Å². The molecule has 0 fully saturated rings. The first-order valence-corrected chi connectivity index (χ1v) is 5.82. The number of methoxy groups -OCH3 is 1. The summed E-state index contributed by atoms with van der Waals surface area (Å²) in [4.78, 5) is 24.9. The molecule has 2 heterocycles. The van der Waals surface area contributed by atoms with Crippen molar-refractivity contribution in [1.29, 1.82) is 0 Å².